The maximum Gasteiger partial charge on any atom is 0.265 e. The summed E-state index contributed by atoms with van der Waals surface area (Å²) in [6, 6.07) is 11.4. The average Bonchev–Trinajstić information content (AvgIpc) is 3.09. The lowest BCUT2D eigenvalue weighted by molar-refractivity contribution is -0.117. The van der Waals surface area contributed by atoms with Gasteiger partial charge in [0, 0.05) is 24.3 Å². The Morgan fingerprint density at radius 2 is 1.89 bits per heavy atom. The summed E-state index contributed by atoms with van der Waals surface area (Å²) in [5.74, 6) is 0.861. The Kier molecular flexibility index (Phi) is 5.55. The van der Waals surface area contributed by atoms with Crippen LogP contribution in [-0.4, -0.2) is 34.6 Å². The minimum atomic E-state index is -3.90. The third kappa shape index (κ3) is 4.16. The molecule has 1 aliphatic heterocycles. The number of nitrogens with zero attached hydrogens (tertiary/aromatic N) is 1. The molecule has 7 nitrogen and oxygen atoms in total. The fraction of sp³-hybridized carbons (Fsp3) is 0.316. The Balaban J connectivity index is 1.91. The van der Waals surface area contributed by atoms with Crippen LogP contribution >= 0.6 is 0 Å². The van der Waals surface area contributed by atoms with Gasteiger partial charge in [0.15, 0.2) is 0 Å². The zero-order valence-corrected chi connectivity index (χ0v) is 16.1. The highest BCUT2D eigenvalue weighted by Gasteiger charge is 2.26. The highest BCUT2D eigenvalue weighted by molar-refractivity contribution is 7.92. The molecule has 0 bridgehead atoms. The van der Waals surface area contributed by atoms with Gasteiger partial charge < -0.3 is 14.4 Å². The highest BCUT2D eigenvalue weighted by atomic mass is 32.2. The molecule has 0 spiro atoms. The Hall–Kier alpha value is -2.74. The number of benzene rings is 2. The first-order valence-corrected chi connectivity index (χ1v) is 10.2. The number of ether oxygens (including phenoxy) is 2. The van der Waals surface area contributed by atoms with Crippen LogP contribution in [0.3, 0.4) is 0 Å². The number of hydrogen-bond acceptors (Lipinski definition) is 5. The van der Waals surface area contributed by atoms with Crippen molar-refractivity contribution in [3.8, 4) is 11.5 Å². The predicted molar refractivity (Wildman–Crippen MR) is 103 cm³/mol. The summed E-state index contributed by atoms with van der Waals surface area (Å²) in [6.07, 6.45) is 1.23. The molecule has 1 saturated heterocycles. The second kappa shape index (κ2) is 7.87. The number of methoxy groups -OCH3 is 1. The summed E-state index contributed by atoms with van der Waals surface area (Å²) < 4.78 is 39.0. The normalized spacial score (nSPS) is 14.3. The smallest absolute Gasteiger partial charge is 0.265 e. The average molecular weight is 390 g/mol. The van der Waals surface area contributed by atoms with E-state index >= 15 is 0 Å². The van der Waals surface area contributed by atoms with Gasteiger partial charge in [-0.15, -0.1) is 0 Å². The SMILES string of the molecule is CCOc1ccc(NS(=O)(=O)c2cc(N3CCCC3=O)ccc2OC)cc1. The van der Waals surface area contributed by atoms with E-state index in [1.54, 1.807) is 41.3 Å². The van der Waals surface area contributed by atoms with Gasteiger partial charge in [0.1, 0.15) is 16.4 Å². The van der Waals surface area contributed by atoms with Crippen LogP contribution in [0.25, 0.3) is 0 Å². The number of carbonyl (C=O) groups excluding carboxylic acids is 1. The van der Waals surface area contributed by atoms with Crippen LogP contribution in [0.5, 0.6) is 11.5 Å². The first-order valence-electron chi connectivity index (χ1n) is 8.68. The number of carbonyl (C=O) groups is 1. The van der Waals surface area contributed by atoms with Gasteiger partial charge in [-0.25, -0.2) is 8.42 Å². The van der Waals surface area contributed by atoms with E-state index in [2.05, 4.69) is 4.72 Å². The largest absolute Gasteiger partial charge is 0.495 e. The molecule has 2 aromatic rings. The van der Waals surface area contributed by atoms with Crippen LogP contribution in [0.4, 0.5) is 11.4 Å². The lowest BCUT2D eigenvalue weighted by atomic mass is 10.3. The van der Waals surface area contributed by atoms with Crippen molar-refractivity contribution < 1.29 is 22.7 Å². The van der Waals surface area contributed by atoms with E-state index in [0.717, 1.165) is 6.42 Å². The lowest BCUT2D eigenvalue weighted by Gasteiger charge is -2.18. The molecular formula is C19H22N2O5S. The summed E-state index contributed by atoms with van der Waals surface area (Å²) in [7, 11) is -2.50. The summed E-state index contributed by atoms with van der Waals surface area (Å²) in [5, 5.41) is 0. The van der Waals surface area contributed by atoms with Crippen molar-refractivity contribution in [2.75, 3.05) is 29.9 Å². The van der Waals surface area contributed by atoms with Crippen molar-refractivity contribution in [1.82, 2.24) is 0 Å². The van der Waals surface area contributed by atoms with Crippen LogP contribution in [0.2, 0.25) is 0 Å². The molecule has 0 radical (unpaired) electrons. The third-order valence-corrected chi connectivity index (χ3v) is 5.64. The van der Waals surface area contributed by atoms with E-state index in [1.165, 1.54) is 13.2 Å². The Labute approximate surface area is 158 Å². The highest BCUT2D eigenvalue weighted by Crippen LogP contribution is 2.32. The van der Waals surface area contributed by atoms with E-state index in [0.29, 0.717) is 36.7 Å². The van der Waals surface area contributed by atoms with Crippen molar-refractivity contribution in [1.29, 1.82) is 0 Å². The standard InChI is InChI=1S/C19H22N2O5S/c1-3-26-16-9-6-14(7-10-16)20-27(23,24)18-13-15(8-11-17(18)25-2)21-12-4-5-19(21)22/h6-11,13,20H,3-5,12H2,1-2H3. The molecule has 1 N–H and O–H groups in total. The van der Waals surface area contributed by atoms with Gasteiger partial charge in [-0.05, 0) is 55.8 Å². The molecule has 0 atom stereocenters. The van der Waals surface area contributed by atoms with Crippen molar-refractivity contribution in [3.05, 3.63) is 42.5 Å². The molecule has 0 saturated carbocycles. The number of anilines is 2. The van der Waals surface area contributed by atoms with Gasteiger partial charge in [-0.2, -0.15) is 0 Å². The molecule has 0 aromatic heterocycles. The van der Waals surface area contributed by atoms with Gasteiger partial charge in [0.2, 0.25) is 5.91 Å². The fourth-order valence-corrected chi connectivity index (χ4v) is 4.21. The molecule has 1 aliphatic rings. The van der Waals surface area contributed by atoms with Crippen molar-refractivity contribution in [2.45, 2.75) is 24.7 Å². The van der Waals surface area contributed by atoms with Crippen LogP contribution in [-0.2, 0) is 14.8 Å². The Morgan fingerprint density at radius 3 is 2.48 bits per heavy atom. The van der Waals surface area contributed by atoms with Crippen LogP contribution < -0.4 is 19.1 Å². The van der Waals surface area contributed by atoms with E-state index < -0.39 is 10.0 Å². The molecule has 1 fully saturated rings. The third-order valence-electron chi connectivity index (χ3n) is 4.24. The molecule has 8 heteroatoms. The van der Waals surface area contributed by atoms with Gasteiger partial charge in [0.25, 0.3) is 10.0 Å². The lowest BCUT2D eigenvalue weighted by Crippen LogP contribution is -2.24. The number of amides is 1. The van der Waals surface area contributed by atoms with Crippen molar-refractivity contribution >= 4 is 27.3 Å². The molecule has 2 aromatic carbocycles. The van der Waals surface area contributed by atoms with Gasteiger partial charge in [-0.1, -0.05) is 0 Å². The summed E-state index contributed by atoms with van der Waals surface area (Å²) in [6.45, 7) is 2.99. The van der Waals surface area contributed by atoms with E-state index in [4.69, 9.17) is 9.47 Å². The minimum absolute atomic E-state index is 0.0111. The van der Waals surface area contributed by atoms with Crippen LogP contribution in [0, 0.1) is 0 Å². The van der Waals surface area contributed by atoms with Crippen molar-refractivity contribution in [2.24, 2.45) is 0 Å². The molecule has 144 valence electrons. The number of rotatable bonds is 7. The topological polar surface area (TPSA) is 84.9 Å². The summed E-state index contributed by atoms with van der Waals surface area (Å²) >= 11 is 0. The van der Waals surface area contributed by atoms with Crippen molar-refractivity contribution in [3.63, 3.8) is 0 Å². The van der Waals surface area contributed by atoms with Gasteiger partial charge in [-0.3, -0.25) is 9.52 Å². The van der Waals surface area contributed by atoms with Gasteiger partial charge in [0.05, 0.1) is 13.7 Å². The first-order chi connectivity index (χ1) is 12.9. The molecular weight excluding hydrogens is 368 g/mol. The number of nitrogens with one attached hydrogen (secondary N) is 1. The first kappa shape index (κ1) is 19.0. The monoisotopic (exact) mass is 390 g/mol. The molecule has 3 rings (SSSR count). The molecule has 0 aliphatic carbocycles. The Morgan fingerprint density at radius 1 is 1.15 bits per heavy atom. The van der Waals surface area contributed by atoms with Crippen LogP contribution in [0.15, 0.2) is 47.4 Å². The fourth-order valence-electron chi connectivity index (χ4n) is 2.96. The molecule has 0 unspecified atom stereocenters. The molecule has 1 heterocycles. The Bertz CT molecular complexity index is 926. The van der Waals surface area contributed by atoms with E-state index in [9.17, 15) is 13.2 Å². The minimum Gasteiger partial charge on any atom is -0.495 e. The van der Waals surface area contributed by atoms with Gasteiger partial charge >= 0.3 is 0 Å². The van der Waals surface area contributed by atoms with E-state index in [-0.39, 0.29) is 16.6 Å². The zero-order chi connectivity index (χ0) is 19.4. The second-order valence-electron chi connectivity index (χ2n) is 6.05. The predicted octanol–water partition coefficient (Wildman–Crippen LogP) is 3.02. The quantitative estimate of drug-likeness (QED) is 0.786. The molecule has 1 amide bonds. The number of sulfonamides is 1. The van der Waals surface area contributed by atoms with E-state index in [1.807, 2.05) is 6.92 Å². The zero-order valence-electron chi connectivity index (χ0n) is 15.3. The maximum atomic E-state index is 12.9. The second-order valence-corrected chi connectivity index (χ2v) is 7.70. The maximum absolute atomic E-state index is 12.9. The van der Waals surface area contributed by atoms with Crippen LogP contribution in [0.1, 0.15) is 19.8 Å². The summed E-state index contributed by atoms with van der Waals surface area (Å²) in [5.41, 5.74) is 0.952. The molecule has 27 heavy (non-hydrogen) atoms. The summed E-state index contributed by atoms with van der Waals surface area (Å²) in [4.78, 5) is 13.6. The number of hydrogen-bond donors (Lipinski definition) is 1.